The molecule has 0 aliphatic carbocycles. The van der Waals surface area contributed by atoms with E-state index in [4.69, 9.17) is 4.74 Å². The Hall–Kier alpha value is -2.77. The molecule has 1 aromatic carbocycles. The molecule has 138 valence electrons. The van der Waals surface area contributed by atoms with Gasteiger partial charge in [0.1, 0.15) is 11.9 Å². The van der Waals surface area contributed by atoms with Gasteiger partial charge in [-0.1, -0.05) is 12.1 Å². The number of hydrogen-bond acceptors (Lipinski definition) is 3. The van der Waals surface area contributed by atoms with Gasteiger partial charge in [-0.25, -0.2) is 4.79 Å². The number of nitrogens with one attached hydrogen (secondary N) is 1. The minimum absolute atomic E-state index is 0.213. The molecule has 1 aliphatic heterocycles. The Morgan fingerprint density at radius 2 is 1.92 bits per heavy atom. The number of carbonyl (C=O) groups excluding carboxylic acids is 1. The van der Waals surface area contributed by atoms with Crippen LogP contribution in [0.5, 0.6) is 5.75 Å². The van der Waals surface area contributed by atoms with Crippen LogP contribution in [0.4, 0.5) is 23.7 Å². The summed E-state index contributed by atoms with van der Waals surface area (Å²) >= 11 is 0. The molecule has 0 saturated carbocycles. The van der Waals surface area contributed by atoms with Crippen molar-refractivity contribution in [2.45, 2.75) is 25.1 Å². The molecule has 1 unspecified atom stereocenters. The normalized spacial score (nSPS) is 17.7. The van der Waals surface area contributed by atoms with Crippen LogP contribution in [0.25, 0.3) is 0 Å². The van der Waals surface area contributed by atoms with E-state index < -0.39 is 17.8 Å². The number of rotatable bonds is 3. The smallest absolute Gasteiger partial charge is 0.418 e. The second-order valence-corrected chi connectivity index (χ2v) is 5.98. The van der Waals surface area contributed by atoms with E-state index in [2.05, 4.69) is 10.3 Å². The molecule has 1 atom stereocenters. The lowest BCUT2D eigenvalue weighted by Crippen LogP contribution is -2.46. The van der Waals surface area contributed by atoms with E-state index in [9.17, 15) is 18.0 Å². The molecule has 1 N–H and O–H groups in total. The summed E-state index contributed by atoms with van der Waals surface area (Å²) in [6, 6.07) is 7.81. The molecule has 0 bridgehead atoms. The highest BCUT2D eigenvalue weighted by molar-refractivity contribution is 5.90. The summed E-state index contributed by atoms with van der Waals surface area (Å²) in [6.07, 6.45) is -0.0450. The predicted molar refractivity (Wildman–Crippen MR) is 89.9 cm³/mol. The maximum absolute atomic E-state index is 13.1. The van der Waals surface area contributed by atoms with Crippen molar-refractivity contribution in [2.24, 2.45) is 0 Å². The summed E-state index contributed by atoms with van der Waals surface area (Å²) in [5.74, 6) is 0.648. The third-order valence-electron chi connectivity index (χ3n) is 4.09. The number of hydrogen-bond donors (Lipinski definition) is 1. The number of anilines is 1. The van der Waals surface area contributed by atoms with Crippen molar-refractivity contribution in [3.8, 4) is 5.75 Å². The molecule has 0 radical (unpaired) electrons. The van der Waals surface area contributed by atoms with Crippen molar-refractivity contribution in [2.75, 3.05) is 18.4 Å². The fourth-order valence-corrected chi connectivity index (χ4v) is 2.86. The second-order valence-electron chi connectivity index (χ2n) is 5.98. The molecule has 8 heteroatoms. The number of piperidine rings is 1. The number of nitrogens with zero attached hydrogens (tertiary/aromatic N) is 2. The van der Waals surface area contributed by atoms with Gasteiger partial charge in [0.15, 0.2) is 0 Å². The van der Waals surface area contributed by atoms with Crippen LogP contribution >= 0.6 is 0 Å². The quantitative estimate of drug-likeness (QED) is 0.888. The zero-order valence-electron chi connectivity index (χ0n) is 13.9. The number of para-hydroxylation sites is 1. The topological polar surface area (TPSA) is 54.5 Å². The Balaban J connectivity index is 1.65. The number of halogens is 3. The van der Waals surface area contributed by atoms with Crippen LogP contribution < -0.4 is 10.1 Å². The number of urea groups is 1. The summed E-state index contributed by atoms with van der Waals surface area (Å²) < 4.78 is 45.0. The third kappa shape index (κ3) is 4.44. The number of alkyl halides is 3. The minimum atomic E-state index is -4.53. The maximum Gasteiger partial charge on any atom is 0.418 e. The summed E-state index contributed by atoms with van der Waals surface area (Å²) in [5, 5.41) is 2.37. The first-order valence-electron chi connectivity index (χ1n) is 8.22. The standard InChI is InChI=1S/C18H18F3N3O2/c19-18(20,21)15-5-1-2-6-16(15)23-17(25)24-11-3-4-14(12-24)26-13-7-9-22-10-8-13/h1-2,5-10,14H,3-4,11-12H2,(H,23,25). The van der Waals surface area contributed by atoms with E-state index in [1.165, 1.54) is 23.1 Å². The molecule has 1 fully saturated rings. The highest BCUT2D eigenvalue weighted by Crippen LogP contribution is 2.34. The molecule has 1 saturated heterocycles. The predicted octanol–water partition coefficient (Wildman–Crippen LogP) is 4.18. The number of carbonyl (C=O) groups is 1. The van der Waals surface area contributed by atoms with Crippen LogP contribution in [0.2, 0.25) is 0 Å². The first kappa shape index (κ1) is 18.0. The fourth-order valence-electron chi connectivity index (χ4n) is 2.86. The van der Waals surface area contributed by atoms with E-state index in [0.717, 1.165) is 12.5 Å². The van der Waals surface area contributed by atoms with Crippen LogP contribution in [0.3, 0.4) is 0 Å². The largest absolute Gasteiger partial charge is 0.488 e. The molecular weight excluding hydrogens is 347 g/mol. The lowest BCUT2D eigenvalue weighted by Gasteiger charge is -2.33. The van der Waals surface area contributed by atoms with Crippen LogP contribution in [-0.2, 0) is 6.18 Å². The zero-order valence-corrected chi connectivity index (χ0v) is 13.9. The van der Waals surface area contributed by atoms with Gasteiger partial charge in [0.05, 0.1) is 17.8 Å². The first-order valence-corrected chi connectivity index (χ1v) is 8.22. The van der Waals surface area contributed by atoms with Gasteiger partial charge >= 0.3 is 12.2 Å². The lowest BCUT2D eigenvalue weighted by atomic mass is 10.1. The van der Waals surface area contributed by atoms with Gasteiger partial charge in [0.25, 0.3) is 0 Å². The third-order valence-corrected chi connectivity index (χ3v) is 4.09. The first-order chi connectivity index (χ1) is 12.4. The molecule has 0 spiro atoms. The number of ether oxygens (including phenoxy) is 1. The number of benzene rings is 1. The van der Waals surface area contributed by atoms with Gasteiger partial charge in [-0.15, -0.1) is 0 Å². The Morgan fingerprint density at radius 3 is 2.65 bits per heavy atom. The minimum Gasteiger partial charge on any atom is -0.488 e. The zero-order chi connectivity index (χ0) is 18.6. The van der Waals surface area contributed by atoms with Gasteiger partial charge in [-0.2, -0.15) is 13.2 Å². The average molecular weight is 365 g/mol. The molecule has 1 aliphatic rings. The molecule has 2 aromatic rings. The highest BCUT2D eigenvalue weighted by atomic mass is 19.4. The SMILES string of the molecule is O=C(Nc1ccccc1C(F)(F)F)N1CCCC(Oc2ccncc2)C1. The number of pyridine rings is 1. The Bertz CT molecular complexity index is 753. The summed E-state index contributed by atoms with van der Waals surface area (Å²) in [4.78, 5) is 17.8. The Morgan fingerprint density at radius 1 is 1.19 bits per heavy atom. The van der Waals surface area contributed by atoms with Crippen LogP contribution in [-0.4, -0.2) is 35.1 Å². The monoisotopic (exact) mass is 365 g/mol. The van der Waals surface area contributed by atoms with Crippen molar-refractivity contribution in [3.63, 3.8) is 0 Å². The van der Waals surface area contributed by atoms with Gasteiger partial charge in [0, 0.05) is 18.9 Å². The molecular formula is C18H18F3N3O2. The molecule has 2 amide bonds. The van der Waals surface area contributed by atoms with Gasteiger partial charge < -0.3 is 15.0 Å². The number of amides is 2. The summed E-state index contributed by atoms with van der Waals surface area (Å²) in [7, 11) is 0. The van der Waals surface area contributed by atoms with E-state index in [0.29, 0.717) is 25.3 Å². The highest BCUT2D eigenvalue weighted by Gasteiger charge is 2.34. The van der Waals surface area contributed by atoms with E-state index in [1.807, 2.05) is 0 Å². The Kier molecular flexibility index (Phi) is 5.29. The number of likely N-dealkylation sites (tertiary alicyclic amines) is 1. The molecule has 1 aromatic heterocycles. The van der Waals surface area contributed by atoms with E-state index in [1.54, 1.807) is 24.5 Å². The van der Waals surface area contributed by atoms with Gasteiger partial charge in [-0.05, 0) is 37.1 Å². The van der Waals surface area contributed by atoms with Crippen molar-refractivity contribution >= 4 is 11.7 Å². The Labute approximate surface area is 148 Å². The van der Waals surface area contributed by atoms with Gasteiger partial charge in [0.2, 0.25) is 0 Å². The van der Waals surface area contributed by atoms with Crippen LogP contribution in [0.1, 0.15) is 18.4 Å². The second kappa shape index (κ2) is 7.63. The number of aromatic nitrogens is 1. The molecule has 26 heavy (non-hydrogen) atoms. The van der Waals surface area contributed by atoms with Crippen molar-refractivity contribution in [1.29, 1.82) is 0 Å². The van der Waals surface area contributed by atoms with E-state index in [-0.39, 0.29) is 11.8 Å². The van der Waals surface area contributed by atoms with Crippen LogP contribution in [0.15, 0.2) is 48.8 Å². The van der Waals surface area contributed by atoms with Crippen molar-refractivity contribution in [3.05, 3.63) is 54.4 Å². The summed E-state index contributed by atoms with van der Waals surface area (Å²) in [5.41, 5.74) is -1.11. The van der Waals surface area contributed by atoms with Crippen molar-refractivity contribution < 1.29 is 22.7 Å². The van der Waals surface area contributed by atoms with Crippen molar-refractivity contribution in [1.82, 2.24) is 9.88 Å². The maximum atomic E-state index is 13.1. The van der Waals surface area contributed by atoms with E-state index >= 15 is 0 Å². The summed E-state index contributed by atoms with van der Waals surface area (Å²) in [6.45, 7) is 0.776. The molecule has 5 nitrogen and oxygen atoms in total. The van der Waals surface area contributed by atoms with Gasteiger partial charge in [-0.3, -0.25) is 4.98 Å². The molecule has 3 rings (SSSR count). The molecule has 2 heterocycles. The average Bonchev–Trinajstić information content (AvgIpc) is 2.62. The fraction of sp³-hybridized carbons (Fsp3) is 0.333. The van der Waals surface area contributed by atoms with Crippen LogP contribution in [0, 0.1) is 0 Å². The lowest BCUT2D eigenvalue weighted by molar-refractivity contribution is -0.136.